The number of nitrogens with two attached hydrogens (primary N) is 1. The molecule has 0 saturated carbocycles. The number of nitrogens with zero attached hydrogens (tertiary/aromatic N) is 5. The minimum Gasteiger partial charge on any atom is -0.349 e. The highest BCUT2D eigenvalue weighted by atomic mass is 16.2. The lowest BCUT2D eigenvalue weighted by atomic mass is 10.3. The van der Waals surface area contributed by atoms with Crippen LogP contribution in [0.2, 0.25) is 0 Å². The number of carbonyl (C=O) groups excluding carboxylic acids is 4. The Kier molecular flexibility index (Phi) is 7.67. The fraction of sp³-hybridized carbons (Fsp3) is 0.240. The molecule has 14 nitrogen and oxygen atoms in total. The van der Waals surface area contributed by atoms with Crippen LogP contribution >= 0.6 is 0 Å². The second-order valence-corrected chi connectivity index (χ2v) is 8.94. The van der Waals surface area contributed by atoms with Gasteiger partial charge < -0.3 is 45.3 Å². The van der Waals surface area contributed by atoms with Gasteiger partial charge in [0.25, 0.3) is 23.6 Å². The van der Waals surface area contributed by atoms with Crippen LogP contribution in [0.4, 0.5) is 17.1 Å². The summed E-state index contributed by atoms with van der Waals surface area (Å²) in [6.07, 6.45) is 8.03. The molecule has 0 saturated heterocycles. The van der Waals surface area contributed by atoms with Gasteiger partial charge in [0.05, 0.1) is 17.1 Å². The van der Waals surface area contributed by atoms with E-state index in [0.29, 0.717) is 41.5 Å². The topological polar surface area (TPSA) is 175 Å². The summed E-state index contributed by atoms with van der Waals surface area (Å²) in [6.45, 7) is 0.660. The Morgan fingerprint density at radius 3 is 1.54 bits per heavy atom. The number of anilines is 3. The van der Waals surface area contributed by atoms with Gasteiger partial charge in [-0.2, -0.15) is 0 Å². The largest absolute Gasteiger partial charge is 0.349 e. The molecule has 0 radical (unpaired) electrons. The summed E-state index contributed by atoms with van der Waals surface area (Å²) in [5, 5.41) is 11.0. The van der Waals surface area contributed by atoms with Crippen molar-refractivity contribution in [2.24, 2.45) is 33.9 Å². The molecular weight excluding hydrogens is 504 g/mol. The van der Waals surface area contributed by atoms with Crippen LogP contribution < -0.4 is 27.0 Å². The summed E-state index contributed by atoms with van der Waals surface area (Å²) in [5.74, 6) is -1.31. The average molecular weight is 535 g/mol. The van der Waals surface area contributed by atoms with Crippen LogP contribution in [0.25, 0.3) is 0 Å². The number of nitrogens with one attached hydrogen (secondary N) is 4. The van der Waals surface area contributed by atoms with E-state index in [0.717, 1.165) is 0 Å². The molecule has 0 aliphatic heterocycles. The molecular formula is C25H30N10O4. The lowest BCUT2D eigenvalue weighted by Crippen LogP contribution is -2.30. The van der Waals surface area contributed by atoms with E-state index < -0.39 is 17.7 Å². The Balaban J connectivity index is 1.41. The molecule has 0 aliphatic rings. The summed E-state index contributed by atoms with van der Waals surface area (Å²) >= 11 is 0. The quantitative estimate of drug-likeness (QED) is 0.213. The normalized spacial score (nSPS) is 10.8. The van der Waals surface area contributed by atoms with Gasteiger partial charge in [-0.25, -0.2) is 4.98 Å². The van der Waals surface area contributed by atoms with Crippen molar-refractivity contribution in [3.05, 3.63) is 72.1 Å². The molecule has 4 rings (SSSR count). The Morgan fingerprint density at radius 1 is 0.692 bits per heavy atom. The predicted molar refractivity (Wildman–Crippen MR) is 145 cm³/mol. The van der Waals surface area contributed by atoms with Gasteiger partial charge >= 0.3 is 0 Å². The van der Waals surface area contributed by atoms with Gasteiger partial charge in [-0.05, 0) is 18.2 Å². The molecule has 4 aromatic heterocycles. The molecule has 4 amide bonds. The third-order valence-corrected chi connectivity index (χ3v) is 5.94. The monoisotopic (exact) mass is 534 g/mol. The Hall–Kier alpha value is -5.11. The van der Waals surface area contributed by atoms with Crippen LogP contribution in [0.1, 0.15) is 42.1 Å². The van der Waals surface area contributed by atoms with Crippen molar-refractivity contribution in [2.75, 3.05) is 29.0 Å². The van der Waals surface area contributed by atoms with Gasteiger partial charge in [-0.15, -0.1) is 0 Å². The fourth-order valence-electron chi connectivity index (χ4n) is 4.01. The third kappa shape index (κ3) is 5.91. The Morgan fingerprint density at radius 2 is 1.13 bits per heavy atom. The molecule has 0 aliphatic carbocycles. The molecule has 204 valence electrons. The molecule has 0 spiro atoms. The SMILES string of the molecule is Cn1cc(NC(=O)c2cc(NC(=O)c3cc(NC(=O)c4nccn4C)cn3C)cn2C)cc1C(=O)NCCN. The van der Waals surface area contributed by atoms with Crippen molar-refractivity contribution >= 4 is 40.7 Å². The van der Waals surface area contributed by atoms with Crippen LogP contribution in [0.5, 0.6) is 0 Å². The van der Waals surface area contributed by atoms with E-state index in [9.17, 15) is 19.2 Å². The molecule has 39 heavy (non-hydrogen) atoms. The highest BCUT2D eigenvalue weighted by Gasteiger charge is 2.19. The molecule has 14 heteroatoms. The van der Waals surface area contributed by atoms with Crippen molar-refractivity contribution in [3.63, 3.8) is 0 Å². The number of hydrogen-bond acceptors (Lipinski definition) is 6. The lowest BCUT2D eigenvalue weighted by molar-refractivity contribution is 0.0944. The zero-order valence-corrected chi connectivity index (χ0v) is 22.0. The maximum atomic E-state index is 13.0. The summed E-state index contributed by atoms with van der Waals surface area (Å²) in [4.78, 5) is 54.6. The number of amides is 4. The molecule has 4 heterocycles. The number of carbonyl (C=O) groups is 4. The first-order valence-corrected chi connectivity index (χ1v) is 12.0. The minimum atomic E-state index is -0.427. The second-order valence-electron chi connectivity index (χ2n) is 8.94. The van der Waals surface area contributed by atoms with Gasteiger partial charge in [-0.3, -0.25) is 19.2 Å². The molecule has 0 unspecified atom stereocenters. The Bertz CT molecular complexity index is 1550. The third-order valence-electron chi connectivity index (χ3n) is 5.94. The maximum Gasteiger partial charge on any atom is 0.291 e. The first kappa shape index (κ1) is 26.9. The van der Waals surface area contributed by atoms with Crippen LogP contribution in [0.15, 0.2) is 49.2 Å². The van der Waals surface area contributed by atoms with Crippen molar-refractivity contribution in [3.8, 4) is 0 Å². The van der Waals surface area contributed by atoms with Gasteiger partial charge in [0.15, 0.2) is 5.82 Å². The van der Waals surface area contributed by atoms with Crippen molar-refractivity contribution in [2.45, 2.75) is 0 Å². The first-order chi connectivity index (χ1) is 18.6. The van der Waals surface area contributed by atoms with Gasteiger partial charge in [0, 0.05) is 72.3 Å². The highest BCUT2D eigenvalue weighted by Crippen LogP contribution is 2.20. The number of rotatable bonds is 9. The average Bonchev–Trinajstić information content (AvgIpc) is 3.64. The molecule has 0 atom stereocenters. The number of aryl methyl sites for hydroxylation is 4. The van der Waals surface area contributed by atoms with E-state index in [1.807, 2.05) is 0 Å². The van der Waals surface area contributed by atoms with Gasteiger partial charge in [-0.1, -0.05) is 0 Å². The molecule has 0 bridgehead atoms. The molecule has 0 aromatic carbocycles. The lowest BCUT2D eigenvalue weighted by Gasteiger charge is -2.03. The zero-order valence-electron chi connectivity index (χ0n) is 22.0. The Labute approximate surface area is 223 Å². The van der Waals surface area contributed by atoms with Gasteiger partial charge in [0.1, 0.15) is 17.1 Å². The number of imidazole rings is 1. The summed E-state index contributed by atoms with van der Waals surface area (Å²) in [6, 6.07) is 4.65. The smallest absolute Gasteiger partial charge is 0.291 e. The minimum absolute atomic E-state index is 0.238. The standard InChI is InChI=1S/C25H30N10O4/c1-32-8-7-27-21(32)25(39)31-17-11-20(35(4)14-17)24(38)30-16-10-19(34(3)13-16)23(37)29-15-9-18(33(2)12-15)22(36)28-6-5-26/h7-14H,5-6,26H2,1-4H3,(H,28,36)(H,29,37)(H,30,38)(H,31,39). The van der Waals surface area contributed by atoms with Crippen LogP contribution in [0, 0.1) is 0 Å². The molecule has 6 N–H and O–H groups in total. The molecule has 0 fully saturated rings. The first-order valence-electron chi connectivity index (χ1n) is 12.0. The summed E-state index contributed by atoms with van der Waals surface area (Å²) < 4.78 is 6.35. The highest BCUT2D eigenvalue weighted by molar-refractivity contribution is 6.08. The fourth-order valence-corrected chi connectivity index (χ4v) is 4.01. The predicted octanol–water partition coefficient (Wildman–Crippen LogP) is 0.881. The maximum absolute atomic E-state index is 13.0. The van der Waals surface area contributed by atoms with E-state index in [4.69, 9.17) is 5.73 Å². The zero-order chi connectivity index (χ0) is 28.3. The summed E-state index contributed by atoms with van der Waals surface area (Å²) in [5.41, 5.74) is 7.67. The van der Waals surface area contributed by atoms with E-state index >= 15 is 0 Å². The second kappa shape index (κ2) is 11.1. The number of aromatic nitrogens is 5. The summed E-state index contributed by atoms with van der Waals surface area (Å²) in [7, 11) is 6.76. The van der Waals surface area contributed by atoms with Crippen molar-refractivity contribution in [1.29, 1.82) is 0 Å². The van der Waals surface area contributed by atoms with Crippen molar-refractivity contribution < 1.29 is 19.2 Å². The van der Waals surface area contributed by atoms with E-state index in [2.05, 4.69) is 26.3 Å². The van der Waals surface area contributed by atoms with Crippen molar-refractivity contribution in [1.82, 2.24) is 28.6 Å². The van der Waals surface area contributed by atoms with Crippen LogP contribution in [0.3, 0.4) is 0 Å². The molecule has 4 aromatic rings. The number of hydrogen-bond donors (Lipinski definition) is 5. The van der Waals surface area contributed by atoms with Gasteiger partial charge in [0.2, 0.25) is 0 Å². The van der Waals surface area contributed by atoms with E-state index in [-0.39, 0.29) is 17.4 Å². The van der Waals surface area contributed by atoms with Crippen LogP contribution in [-0.4, -0.2) is 60.0 Å². The van der Waals surface area contributed by atoms with E-state index in [1.165, 1.54) is 12.3 Å². The van der Waals surface area contributed by atoms with Crippen LogP contribution in [-0.2, 0) is 28.2 Å². The van der Waals surface area contributed by atoms with E-state index in [1.54, 1.807) is 83.4 Å².